The van der Waals surface area contributed by atoms with E-state index in [0.29, 0.717) is 0 Å². The third kappa shape index (κ3) is 2.48. The third-order valence-corrected chi connectivity index (χ3v) is 5.42. The number of thioether (sulfide) groups is 1. The van der Waals surface area contributed by atoms with Crippen molar-refractivity contribution in [2.24, 2.45) is 0 Å². The maximum Gasteiger partial charge on any atom is 0.214 e. The van der Waals surface area contributed by atoms with Gasteiger partial charge in [-0.3, -0.25) is 5.43 Å². The van der Waals surface area contributed by atoms with E-state index >= 15 is 0 Å². The van der Waals surface area contributed by atoms with Crippen LogP contribution in [0.3, 0.4) is 0 Å². The van der Waals surface area contributed by atoms with Crippen molar-refractivity contribution in [3.63, 3.8) is 0 Å². The molecule has 0 atom stereocenters. The molecule has 0 amide bonds. The van der Waals surface area contributed by atoms with Crippen LogP contribution in [0, 0.1) is 6.92 Å². The van der Waals surface area contributed by atoms with E-state index < -0.39 is 0 Å². The lowest BCUT2D eigenvalue weighted by atomic mass is 10.1. The van der Waals surface area contributed by atoms with Crippen LogP contribution in [0.5, 0.6) is 0 Å². The van der Waals surface area contributed by atoms with Crippen molar-refractivity contribution >= 4 is 28.2 Å². The standard InChI is InChI=1S/C21H16N4S/c1-14-6-2-5-9-18(14)20-22-23-21-25(20)24-19(13-26-21)17-11-10-15-7-3-4-8-16(15)12-17/h2-13,24H,1H3. The summed E-state index contributed by atoms with van der Waals surface area (Å²) < 4.78 is 1.97. The number of benzene rings is 3. The zero-order valence-electron chi connectivity index (χ0n) is 14.2. The summed E-state index contributed by atoms with van der Waals surface area (Å²) in [5, 5.41) is 14.1. The molecule has 0 spiro atoms. The van der Waals surface area contributed by atoms with Crippen LogP contribution in [0.2, 0.25) is 0 Å². The summed E-state index contributed by atoms with van der Waals surface area (Å²) in [6, 6.07) is 23.1. The Kier molecular flexibility index (Phi) is 3.53. The predicted octanol–water partition coefficient (Wildman–Crippen LogP) is 5.05. The van der Waals surface area contributed by atoms with Crippen molar-refractivity contribution in [2.45, 2.75) is 12.1 Å². The van der Waals surface area contributed by atoms with Gasteiger partial charge >= 0.3 is 0 Å². The maximum absolute atomic E-state index is 4.40. The Hall–Kier alpha value is -3.05. The van der Waals surface area contributed by atoms with Gasteiger partial charge in [-0.05, 0) is 29.3 Å². The minimum Gasteiger partial charge on any atom is -0.289 e. The average Bonchev–Trinajstić information content (AvgIpc) is 3.11. The first kappa shape index (κ1) is 15.2. The third-order valence-electron chi connectivity index (χ3n) is 4.59. The first-order chi connectivity index (χ1) is 12.8. The highest BCUT2D eigenvalue weighted by molar-refractivity contribution is 8.02. The summed E-state index contributed by atoms with van der Waals surface area (Å²) in [6.45, 7) is 2.09. The van der Waals surface area contributed by atoms with E-state index in [1.807, 2.05) is 16.8 Å². The first-order valence-electron chi connectivity index (χ1n) is 8.44. The Labute approximate surface area is 155 Å². The second-order valence-electron chi connectivity index (χ2n) is 6.28. The number of hydrogen-bond donors (Lipinski definition) is 1. The van der Waals surface area contributed by atoms with Crippen LogP contribution in [-0.4, -0.2) is 14.9 Å². The van der Waals surface area contributed by atoms with Crippen molar-refractivity contribution in [3.8, 4) is 11.4 Å². The molecule has 5 rings (SSSR count). The Morgan fingerprint density at radius 2 is 1.69 bits per heavy atom. The zero-order valence-corrected chi connectivity index (χ0v) is 15.0. The fourth-order valence-electron chi connectivity index (χ4n) is 3.19. The van der Waals surface area contributed by atoms with Crippen molar-refractivity contribution in [1.82, 2.24) is 14.9 Å². The molecule has 0 saturated heterocycles. The van der Waals surface area contributed by atoms with Gasteiger partial charge in [0.15, 0.2) is 5.82 Å². The monoisotopic (exact) mass is 356 g/mol. The number of nitrogens with one attached hydrogen (secondary N) is 1. The van der Waals surface area contributed by atoms with Crippen LogP contribution < -0.4 is 5.43 Å². The molecule has 0 bridgehead atoms. The minimum atomic E-state index is 0.831. The topological polar surface area (TPSA) is 42.7 Å². The molecule has 4 nitrogen and oxygen atoms in total. The lowest BCUT2D eigenvalue weighted by Gasteiger charge is -2.20. The average molecular weight is 356 g/mol. The second-order valence-corrected chi connectivity index (χ2v) is 7.12. The Balaban J connectivity index is 1.55. The van der Waals surface area contributed by atoms with Gasteiger partial charge in [-0.25, -0.2) is 4.68 Å². The van der Waals surface area contributed by atoms with Crippen LogP contribution in [-0.2, 0) is 0 Å². The molecular weight excluding hydrogens is 340 g/mol. The van der Waals surface area contributed by atoms with E-state index in [0.717, 1.165) is 27.8 Å². The van der Waals surface area contributed by atoms with E-state index in [4.69, 9.17) is 0 Å². The van der Waals surface area contributed by atoms with Gasteiger partial charge in [-0.15, -0.1) is 10.2 Å². The minimum absolute atomic E-state index is 0.831. The maximum atomic E-state index is 4.40. The molecule has 0 unspecified atom stereocenters. The fourth-order valence-corrected chi connectivity index (χ4v) is 3.93. The molecule has 4 aromatic rings. The second kappa shape index (κ2) is 6.04. The van der Waals surface area contributed by atoms with Gasteiger partial charge in [-0.1, -0.05) is 72.4 Å². The number of aryl methyl sites for hydroxylation is 1. The smallest absolute Gasteiger partial charge is 0.214 e. The summed E-state index contributed by atoms with van der Waals surface area (Å²) in [7, 11) is 0. The highest BCUT2D eigenvalue weighted by Gasteiger charge is 2.20. The van der Waals surface area contributed by atoms with Crippen molar-refractivity contribution in [2.75, 3.05) is 5.43 Å². The van der Waals surface area contributed by atoms with Gasteiger partial charge in [0.05, 0.1) is 5.70 Å². The molecule has 0 radical (unpaired) electrons. The normalized spacial score (nSPS) is 13.2. The molecule has 126 valence electrons. The Bertz CT molecular complexity index is 1160. The summed E-state index contributed by atoms with van der Waals surface area (Å²) in [5.41, 5.74) is 7.93. The summed E-state index contributed by atoms with van der Waals surface area (Å²) in [4.78, 5) is 0. The molecular formula is C21H16N4S. The van der Waals surface area contributed by atoms with Crippen LogP contribution in [0.1, 0.15) is 11.1 Å². The van der Waals surface area contributed by atoms with E-state index in [9.17, 15) is 0 Å². The molecule has 0 saturated carbocycles. The predicted molar refractivity (Wildman–Crippen MR) is 107 cm³/mol. The first-order valence-corrected chi connectivity index (χ1v) is 9.32. The van der Waals surface area contributed by atoms with Crippen molar-refractivity contribution < 1.29 is 0 Å². The molecule has 26 heavy (non-hydrogen) atoms. The molecule has 1 aliphatic heterocycles. The summed E-state index contributed by atoms with van der Waals surface area (Å²) in [5.74, 6) is 0.831. The van der Waals surface area contributed by atoms with E-state index in [-0.39, 0.29) is 0 Å². The SMILES string of the molecule is Cc1ccccc1-c1nnc2n1NC(c1ccc3ccccc3c1)=CS2. The van der Waals surface area contributed by atoms with E-state index in [1.165, 1.54) is 16.3 Å². The van der Waals surface area contributed by atoms with Gasteiger partial charge < -0.3 is 0 Å². The lowest BCUT2D eigenvalue weighted by molar-refractivity contribution is 0.825. The highest BCUT2D eigenvalue weighted by atomic mass is 32.2. The van der Waals surface area contributed by atoms with E-state index in [1.54, 1.807) is 11.8 Å². The molecule has 5 heteroatoms. The van der Waals surface area contributed by atoms with Crippen molar-refractivity contribution in [3.05, 3.63) is 83.3 Å². The molecule has 1 aromatic heterocycles. The lowest BCUT2D eigenvalue weighted by Crippen LogP contribution is -2.18. The molecule has 0 aliphatic carbocycles. The van der Waals surface area contributed by atoms with Crippen LogP contribution in [0.4, 0.5) is 0 Å². The summed E-state index contributed by atoms with van der Waals surface area (Å²) in [6.07, 6.45) is 0. The van der Waals surface area contributed by atoms with Gasteiger partial charge in [0.1, 0.15) is 0 Å². The quantitative estimate of drug-likeness (QED) is 0.545. The van der Waals surface area contributed by atoms with Gasteiger partial charge in [0.2, 0.25) is 5.16 Å². The largest absolute Gasteiger partial charge is 0.289 e. The zero-order chi connectivity index (χ0) is 17.5. The van der Waals surface area contributed by atoms with Crippen LogP contribution in [0.25, 0.3) is 27.9 Å². The van der Waals surface area contributed by atoms with Crippen molar-refractivity contribution in [1.29, 1.82) is 0 Å². The summed E-state index contributed by atoms with van der Waals surface area (Å²) >= 11 is 1.58. The number of hydrogen-bond acceptors (Lipinski definition) is 4. The Morgan fingerprint density at radius 1 is 0.885 bits per heavy atom. The molecule has 3 aromatic carbocycles. The van der Waals surface area contributed by atoms with Crippen LogP contribution in [0.15, 0.2) is 77.3 Å². The van der Waals surface area contributed by atoms with E-state index in [2.05, 4.69) is 82.6 Å². The Morgan fingerprint density at radius 3 is 2.58 bits per heavy atom. The molecule has 1 aliphatic rings. The number of fused-ring (bicyclic) bond motifs is 2. The fraction of sp³-hybridized carbons (Fsp3) is 0.0476. The molecule has 1 N–H and O–H groups in total. The number of aromatic nitrogens is 3. The van der Waals surface area contributed by atoms with Gasteiger partial charge in [0.25, 0.3) is 0 Å². The van der Waals surface area contributed by atoms with Gasteiger partial charge in [0, 0.05) is 16.5 Å². The number of rotatable bonds is 2. The molecule has 2 heterocycles. The van der Waals surface area contributed by atoms with Crippen LogP contribution >= 0.6 is 11.8 Å². The number of nitrogens with zero attached hydrogens (tertiary/aromatic N) is 3. The highest BCUT2D eigenvalue weighted by Crippen LogP contribution is 2.32. The van der Waals surface area contributed by atoms with Gasteiger partial charge in [-0.2, -0.15) is 0 Å². The molecule has 0 fully saturated rings.